The maximum Gasteiger partial charge on any atom is 0.255 e. The molecule has 5 heteroatoms. The normalized spacial score (nSPS) is 17.6. The van der Waals surface area contributed by atoms with Gasteiger partial charge in [0.25, 0.3) is 5.91 Å². The van der Waals surface area contributed by atoms with Gasteiger partial charge in [-0.3, -0.25) is 9.78 Å². The molecule has 4 nitrogen and oxygen atoms in total. The number of rotatable bonds is 3. The van der Waals surface area contributed by atoms with Crippen LogP contribution in [0, 0.1) is 12.8 Å². The Labute approximate surface area is 151 Å². The minimum atomic E-state index is 0.0743. The second kappa shape index (κ2) is 7.34. The average Bonchev–Trinajstić information content (AvgIpc) is 2.57. The van der Waals surface area contributed by atoms with E-state index in [1.54, 1.807) is 12.4 Å². The lowest BCUT2D eigenvalue weighted by molar-refractivity contribution is 0.0682. The topological polar surface area (TPSA) is 45.2 Å². The Hall–Kier alpha value is -1.88. The SMILES string of the molecule is Cc1cc(Br)ccc1Nc1cncc(C(=O)N2CCCC(C)C2)c1. The third kappa shape index (κ3) is 3.96. The van der Waals surface area contributed by atoms with Gasteiger partial charge in [-0.25, -0.2) is 0 Å². The van der Waals surface area contributed by atoms with Crippen molar-refractivity contribution < 1.29 is 4.79 Å². The second-order valence-corrected chi connectivity index (χ2v) is 7.46. The number of benzene rings is 1. The van der Waals surface area contributed by atoms with E-state index >= 15 is 0 Å². The summed E-state index contributed by atoms with van der Waals surface area (Å²) >= 11 is 3.47. The Morgan fingerprint density at radius 3 is 2.92 bits per heavy atom. The van der Waals surface area contributed by atoms with Crippen molar-refractivity contribution in [1.29, 1.82) is 0 Å². The van der Waals surface area contributed by atoms with Gasteiger partial charge in [-0.2, -0.15) is 0 Å². The molecule has 1 aliphatic rings. The van der Waals surface area contributed by atoms with Gasteiger partial charge < -0.3 is 10.2 Å². The van der Waals surface area contributed by atoms with Crippen LogP contribution >= 0.6 is 15.9 Å². The van der Waals surface area contributed by atoms with E-state index in [1.807, 2.05) is 30.0 Å². The molecule has 0 bridgehead atoms. The van der Waals surface area contributed by atoms with Gasteiger partial charge in [-0.1, -0.05) is 22.9 Å². The maximum atomic E-state index is 12.7. The lowest BCUT2D eigenvalue weighted by Crippen LogP contribution is -2.39. The molecule has 0 radical (unpaired) electrons. The smallest absolute Gasteiger partial charge is 0.255 e. The number of amides is 1. The summed E-state index contributed by atoms with van der Waals surface area (Å²) in [6, 6.07) is 7.95. The zero-order valence-electron chi connectivity index (χ0n) is 14.1. The predicted molar refractivity (Wildman–Crippen MR) is 101 cm³/mol. The summed E-state index contributed by atoms with van der Waals surface area (Å²) in [4.78, 5) is 18.9. The van der Waals surface area contributed by atoms with E-state index < -0.39 is 0 Å². The van der Waals surface area contributed by atoms with E-state index in [4.69, 9.17) is 0 Å². The standard InChI is InChI=1S/C19H22BrN3O/c1-13-4-3-7-23(12-13)19(24)15-9-17(11-21-10-15)22-18-6-5-16(20)8-14(18)2/h5-6,8-11,13,22H,3-4,7,12H2,1-2H3. The molecule has 24 heavy (non-hydrogen) atoms. The summed E-state index contributed by atoms with van der Waals surface area (Å²) in [5.74, 6) is 0.646. The number of anilines is 2. The van der Waals surface area contributed by atoms with Crippen LogP contribution in [0.5, 0.6) is 0 Å². The van der Waals surface area contributed by atoms with Crippen molar-refractivity contribution >= 4 is 33.2 Å². The van der Waals surface area contributed by atoms with Crippen molar-refractivity contribution in [2.24, 2.45) is 5.92 Å². The van der Waals surface area contributed by atoms with Crippen LogP contribution in [0.25, 0.3) is 0 Å². The third-order valence-corrected chi connectivity index (χ3v) is 4.89. The monoisotopic (exact) mass is 387 g/mol. The van der Waals surface area contributed by atoms with Crippen LogP contribution in [-0.2, 0) is 0 Å². The summed E-state index contributed by atoms with van der Waals surface area (Å²) in [7, 11) is 0. The highest BCUT2D eigenvalue weighted by Crippen LogP contribution is 2.24. The highest BCUT2D eigenvalue weighted by molar-refractivity contribution is 9.10. The fraction of sp³-hybridized carbons (Fsp3) is 0.368. The number of aromatic nitrogens is 1. The summed E-state index contributed by atoms with van der Waals surface area (Å²) in [5.41, 5.74) is 3.61. The number of hydrogen-bond donors (Lipinski definition) is 1. The molecular weight excluding hydrogens is 366 g/mol. The number of hydrogen-bond acceptors (Lipinski definition) is 3. The number of carbonyl (C=O) groups is 1. The number of carbonyl (C=O) groups excluding carboxylic acids is 1. The Kier molecular flexibility index (Phi) is 5.19. The molecule has 0 aliphatic carbocycles. The van der Waals surface area contributed by atoms with Gasteiger partial charge in [0, 0.05) is 29.4 Å². The van der Waals surface area contributed by atoms with Crippen molar-refractivity contribution in [3.63, 3.8) is 0 Å². The van der Waals surface area contributed by atoms with Gasteiger partial charge in [-0.15, -0.1) is 0 Å². The number of pyridine rings is 1. The predicted octanol–water partition coefficient (Wildman–Crippen LogP) is 4.77. The molecule has 1 fully saturated rings. The maximum absolute atomic E-state index is 12.7. The number of nitrogens with zero attached hydrogens (tertiary/aromatic N) is 2. The molecule has 1 aromatic heterocycles. The Bertz CT molecular complexity index is 747. The molecule has 1 unspecified atom stereocenters. The fourth-order valence-corrected chi connectivity index (χ4v) is 3.58. The largest absolute Gasteiger partial charge is 0.354 e. The van der Waals surface area contributed by atoms with E-state index in [2.05, 4.69) is 39.2 Å². The minimum Gasteiger partial charge on any atom is -0.354 e. The molecule has 2 heterocycles. The molecule has 0 saturated carbocycles. The number of halogens is 1. The van der Waals surface area contributed by atoms with E-state index in [9.17, 15) is 4.79 Å². The zero-order chi connectivity index (χ0) is 17.1. The van der Waals surface area contributed by atoms with Gasteiger partial charge in [0.05, 0.1) is 17.4 Å². The molecule has 1 N–H and O–H groups in total. The van der Waals surface area contributed by atoms with Crippen LogP contribution in [0.4, 0.5) is 11.4 Å². The Morgan fingerprint density at radius 2 is 2.17 bits per heavy atom. The Morgan fingerprint density at radius 1 is 1.33 bits per heavy atom. The van der Waals surface area contributed by atoms with E-state index in [0.29, 0.717) is 11.5 Å². The minimum absolute atomic E-state index is 0.0743. The van der Waals surface area contributed by atoms with Crippen molar-refractivity contribution in [2.45, 2.75) is 26.7 Å². The highest BCUT2D eigenvalue weighted by Gasteiger charge is 2.22. The van der Waals surface area contributed by atoms with Crippen LogP contribution in [0.15, 0.2) is 41.1 Å². The molecular formula is C19H22BrN3O. The number of piperidine rings is 1. The van der Waals surface area contributed by atoms with Crippen molar-refractivity contribution in [2.75, 3.05) is 18.4 Å². The van der Waals surface area contributed by atoms with E-state index in [0.717, 1.165) is 40.9 Å². The molecule has 1 saturated heterocycles. The van der Waals surface area contributed by atoms with Crippen LogP contribution in [-0.4, -0.2) is 28.9 Å². The first-order chi connectivity index (χ1) is 11.5. The lowest BCUT2D eigenvalue weighted by Gasteiger charge is -2.31. The van der Waals surface area contributed by atoms with Crippen molar-refractivity contribution in [1.82, 2.24) is 9.88 Å². The van der Waals surface area contributed by atoms with Gasteiger partial charge in [-0.05, 0) is 55.5 Å². The quantitative estimate of drug-likeness (QED) is 0.824. The number of likely N-dealkylation sites (tertiary alicyclic amines) is 1. The van der Waals surface area contributed by atoms with Crippen molar-refractivity contribution in [3.8, 4) is 0 Å². The van der Waals surface area contributed by atoms with Gasteiger partial charge in [0.15, 0.2) is 0 Å². The second-order valence-electron chi connectivity index (χ2n) is 6.55. The molecule has 126 valence electrons. The van der Waals surface area contributed by atoms with Crippen LogP contribution in [0.1, 0.15) is 35.7 Å². The molecule has 1 atom stereocenters. The molecule has 0 spiro atoms. The van der Waals surface area contributed by atoms with Gasteiger partial charge >= 0.3 is 0 Å². The zero-order valence-corrected chi connectivity index (χ0v) is 15.6. The highest BCUT2D eigenvalue weighted by atomic mass is 79.9. The fourth-order valence-electron chi connectivity index (χ4n) is 3.10. The first kappa shape index (κ1) is 17.0. The third-order valence-electron chi connectivity index (χ3n) is 4.40. The first-order valence-corrected chi connectivity index (χ1v) is 9.10. The van der Waals surface area contributed by atoms with Gasteiger partial charge in [0.2, 0.25) is 0 Å². The number of aryl methyl sites for hydroxylation is 1. The van der Waals surface area contributed by atoms with Gasteiger partial charge in [0.1, 0.15) is 0 Å². The molecule has 1 aliphatic heterocycles. The first-order valence-electron chi connectivity index (χ1n) is 8.30. The molecule has 3 rings (SSSR count). The van der Waals surface area contributed by atoms with Crippen molar-refractivity contribution in [3.05, 3.63) is 52.3 Å². The summed E-state index contributed by atoms with van der Waals surface area (Å²) in [5, 5.41) is 3.35. The number of nitrogens with one attached hydrogen (secondary N) is 1. The molecule has 2 aromatic rings. The van der Waals surface area contributed by atoms with Crippen LogP contribution < -0.4 is 5.32 Å². The van der Waals surface area contributed by atoms with E-state index in [1.165, 1.54) is 6.42 Å². The summed E-state index contributed by atoms with van der Waals surface area (Å²) in [6.07, 6.45) is 5.68. The lowest BCUT2D eigenvalue weighted by atomic mass is 10.00. The van der Waals surface area contributed by atoms with Crippen LogP contribution in [0.2, 0.25) is 0 Å². The summed E-state index contributed by atoms with van der Waals surface area (Å²) < 4.78 is 1.05. The summed E-state index contributed by atoms with van der Waals surface area (Å²) in [6.45, 7) is 5.92. The van der Waals surface area contributed by atoms with E-state index in [-0.39, 0.29) is 5.91 Å². The molecule has 1 amide bonds. The molecule has 1 aromatic carbocycles. The average molecular weight is 388 g/mol. The Balaban J connectivity index is 1.77. The van der Waals surface area contributed by atoms with Crippen LogP contribution in [0.3, 0.4) is 0 Å².